The van der Waals surface area contributed by atoms with E-state index in [0.29, 0.717) is 17.0 Å². The molecule has 4 rings (SSSR count). The number of nitrogens with one attached hydrogen (secondary N) is 2. The second kappa shape index (κ2) is 9.45. The molecule has 0 spiro atoms. The maximum absolute atomic E-state index is 13.1. The van der Waals surface area contributed by atoms with Gasteiger partial charge in [0.05, 0.1) is 18.2 Å². The van der Waals surface area contributed by atoms with Crippen LogP contribution in [0.25, 0.3) is 0 Å². The molecule has 0 fully saturated rings. The van der Waals surface area contributed by atoms with E-state index in [1.54, 1.807) is 24.7 Å². The quantitative estimate of drug-likeness (QED) is 0.463. The smallest absolute Gasteiger partial charge is 0.253 e. The van der Waals surface area contributed by atoms with Gasteiger partial charge in [0, 0.05) is 36.1 Å². The minimum absolute atomic E-state index is 0.202. The van der Waals surface area contributed by atoms with E-state index in [1.165, 1.54) is 16.7 Å². The van der Waals surface area contributed by atoms with Crippen molar-refractivity contribution in [1.29, 1.82) is 0 Å². The van der Waals surface area contributed by atoms with Gasteiger partial charge in [-0.25, -0.2) is 4.98 Å². The van der Waals surface area contributed by atoms with Gasteiger partial charge in [-0.3, -0.25) is 9.59 Å². The van der Waals surface area contributed by atoms with E-state index in [0.717, 1.165) is 17.0 Å². The molecule has 0 aliphatic carbocycles. The number of imidazole rings is 1. The van der Waals surface area contributed by atoms with Gasteiger partial charge in [0.2, 0.25) is 0 Å². The Hall–Kier alpha value is -3.64. The first kappa shape index (κ1) is 20.6. The summed E-state index contributed by atoms with van der Waals surface area (Å²) in [5, 5.41) is 3.65. The maximum Gasteiger partial charge on any atom is 0.253 e. The van der Waals surface area contributed by atoms with E-state index in [-0.39, 0.29) is 24.1 Å². The minimum atomic E-state index is -0.274. The number of nitrogens with zero attached hydrogens (tertiary/aromatic N) is 2. The Labute approximate surface area is 184 Å². The minimum Gasteiger partial charge on any atom is -0.349 e. The van der Waals surface area contributed by atoms with Gasteiger partial charge in [-0.15, -0.1) is 0 Å². The van der Waals surface area contributed by atoms with Crippen LogP contribution in [0.4, 0.5) is 0 Å². The molecule has 1 amide bonds. The lowest BCUT2D eigenvalue weighted by Gasteiger charge is -2.19. The number of aromatic amines is 1. The third kappa shape index (κ3) is 5.10. The van der Waals surface area contributed by atoms with Gasteiger partial charge in [0.15, 0.2) is 0 Å². The molecule has 2 aromatic heterocycles. The summed E-state index contributed by atoms with van der Waals surface area (Å²) >= 11 is 6.23. The van der Waals surface area contributed by atoms with Crippen molar-refractivity contribution in [1.82, 2.24) is 19.9 Å². The van der Waals surface area contributed by atoms with Crippen LogP contribution in [0.15, 0.2) is 90.1 Å². The van der Waals surface area contributed by atoms with Gasteiger partial charge in [-0.05, 0) is 23.3 Å². The third-order valence-electron chi connectivity index (χ3n) is 5.00. The van der Waals surface area contributed by atoms with Crippen LogP contribution in [-0.2, 0) is 13.0 Å². The molecule has 4 aromatic rings. The van der Waals surface area contributed by atoms with Crippen molar-refractivity contribution in [3.05, 3.63) is 123 Å². The number of benzene rings is 2. The molecule has 0 saturated carbocycles. The zero-order chi connectivity index (χ0) is 21.6. The molecule has 31 heavy (non-hydrogen) atoms. The molecule has 0 saturated heterocycles. The van der Waals surface area contributed by atoms with Crippen LogP contribution >= 0.6 is 11.6 Å². The topological polar surface area (TPSA) is 79.8 Å². The molecule has 2 aromatic carbocycles. The van der Waals surface area contributed by atoms with Crippen LogP contribution in [0.2, 0.25) is 5.02 Å². The zero-order valence-electron chi connectivity index (χ0n) is 16.7. The number of pyridine rings is 1. The normalized spacial score (nSPS) is 11.8. The Balaban J connectivity index is 1.57. The number of hydrogen-bond acceptors (Lipinski definition) is 3. The monoisotopic (exact) mass is 432 g/mol. The van der Waals surface area contributed by atoms with E-state index in [1.807, 2.05) is 48.5 Å². The summed E-state index contributed by atoms with van der Waals surface area (Å²) < 4.78 is 1.49. The van der Waals surface area contributed by atoms with Gasteiger partial charge in [-0.1, -0.05) is 60.1 Å². The third-order valence-corrected chi connectivity index (χ3v) is 5.37. The fraction of sp³-hybridized carbons (Fsp3) is 0.125. The van der Waals surface area contributed by atoms with Crippen LogP contribution in [0.5, 0.6) is 0 Å². The van der Waals surface area contributed by atoms with E-state index >= 15 is 0 Å². The van der Waals surface area contributed by atoms with Crippen LogP contribution in [0.3, 0.4) is 0 Å². The molecule has 156 valence electrons. The van der Waals surface area contributed by atoms with Crippen LogP contribution < -0.4 is 10.9 Å². The molecular formula is C24H21ClN4O2. The van der Waals surface area contributed by atoms with Gasteiger partial charge in [0.1, 0.15) is 5.82 Å². The van der Waals surface area contributed by atoms with Gasteiger partial charge in [-0.2, -0.15) is 0 Å². The molecule has 2 N–H and O–H groups in total. The Morgan fingerprint density at radius 2 is 1.84 bits per heavy atom. The summed E-state index contributed by atoms with van der Waals surface area (Å²) in [6.45, 7) is 0.286. The van der Waals surface area contributed by atoms with Crippen molar-refractivity contribution in [3.8, 4) is 0 Å². The van der Waals surface area contributed by atoms with E-state index < -0.39 is 0 Å². The lowest BCUT2D eigenvalue weighted by molar-refractivity contribution is 0.0935. The summed E-state index contributed by atoms with van der Waals surface area (Å²) in [6.07, 6.45) is 5.52. The molecule has 0 bridgehead atoms. The van der Waals surface area contributed by atoms with Crippen molar-refractivity contribution in [2.75, 3.05) is 0 Å². The summed E-state index contributed by atoms with van der Waals surface area (Å²) in [7, 11) is 0. The van der Waals surface area contributed by atoms with E-state index in [2.05, 4.69) is 15.3 Å². The largest absolute Gasteiger partial charge is 0.349 e. The standard InChI is InChI=1S/C24H21ClN4O2/c25-20-9-5-4-8-18(20)15-29-16-19(10-11-23(29)30)24(31)28-21(14-22-26-12-13-27-22)17-6-2-1-3-7-17/h1-13,16,21H,14-15H2,(H,26,27)(H,28,31). The van der Waals surface area contributed by atoms with Gasteiger partial charge < -0.3 is 14.9 Å². The molecule has 2 heterocycles. The molecule has 1 unspecified atom stereocenters. The molecule has 0 radical (unpaired) electrons. The number of H-pyrrole nitrogens is 1. The van der Waals surface area contributed by atoms with Crippen molar-refractivity contribution in [2.24, 2.45) is 0 Å². The number of hydrogen-bond donors (Lipinski definition) is 2. The highest BCUT2D eigenvalue weighted by molar-refractivity contribution is 6.31. The maximum atomic E-state index is 13.1. The summed E-state index contributed by atoms with van der Waals surface area (Å²) in [4.78, 5) is 32.8. The Morgan fingerprint density at radius 1 is 1.06 bits per heavy atom. The summed E-state index contributed by atoms with van der Waals surface area (Å²) in [5.41, 5.74) is 1.97. The predicted octanol–water partition coefficient (Wildman–Crippen LogP) is 3.99. The molecule has 6 nitrogen and oxygen atoms in total. The highest BCUT2D eigenvalue weighted by atomic mass is 35.5. The fourth-order valence-electron chi connectivity index (χ4n) is 3.38. The van der Waals surface area contributed by atoms with Gasteiger partial charge in [0.25, 0.3) is 11.5 Å². The van der Waals surface area contributed by atoms with Crippen molar-refractivity contribution < 1.29 is 4.79 Å². The lowest BCUT2D eigenvalue weighted by Crippen LogP contribution is -2.31. The number of carbonyl (C=O) groups is 1. The molecule has 0 aliphatic rings. The fourth-order valence-corrected chi connectivity index (χ4v) is 3.58. The Bertz CT molecular complexity index is 1220. The van der Waals surface area contributed by atoms with E-state index in [4.69, 9.17) is 11.6 Å². The first-order valence-electron chi connectivity index (χ1n) is 9.88. The summed E-state index contributed by atoms with van der Waals surface area (Å²) in [5.74, 6) is 0.506. The SMILES string of the molecule is O=C(NC(Cc1ncc[nH]1)c1ccccc1)c1ccc(=O)n(Cc2ccccc2Cl)c1. The second-order valence-corrected chi connectivity index (χ2v) is 7.56. The molecule has 1 atom stereocenters. The van der Waals surface area contributed by atoms with Crippen LogP contribution in [0, 0.1) is 0 Å². The first-order chi connectivity index (χ1) is 15.1. The average Bonchev–Trinajstić information content (AvgIpc) is 3.30. The van der Waals surface area contributed by atoms with Crippen molar-refractivity contribution in [3.63, 3.8) is 0 Å². The van der Waals surface area contributed by atoms with Crippen molar-refractivity contribution >= 4 is 17.5 Å². The highest BCUT2D eigenvalue weighted by Crippen LogP contribution is 2.18. The molecular weight excluding hydrogens is 412 g/mol. The zero-order valence-corrected chi connectivity index (χ0v) is 17.4. The number of rotatable bonds is 7. The Morgan fingerprint density at radius 3 is 2.58 bits per heavy atom. The highest BCUT2D eigenvalue weighted by Gasteiger charge is 2.18. The predicted molar refractivity (Wildman–Crippen MR) is 120 cm³/mol. The van der Waals surface area contributed by atoms with Crippen molar-refractivity contribution in [2.45, 2.75) is 19.0 Å². The number of amides is 1. The summed E-state index contributed by atoms with van der Waals surface area (Å²) in [6, 6.07) is 19.7. The average molecular weight is 433 g/mol. The van der Waals surface area contributed by atoms with Gasteiger partial charge >= 0.3 is 0 Å². The number of halogens is 1. The number of aromatic nitrogens is 3. The molecule has 0 aliphatic heterocycles. The lowest BCUT2D eigenvalue weighted by atomic mass is 10.0. The number of carbonyl (C=O) groups excluding carboxylic acids is 1. The Kier molecular flexibility index (Phi) is 6.29. The molecule has 7 heteroatoms. The van der Waals surface area contributed by atoms with Crippen LogP contribution in [0.1, 0.15) is 33.4 Å². The van der Waals surface area contributed by atoms with E-state index in [9.17, 15) is 9.59 Å². The first-order valence-corrected chi connectivity index (χ1v) is 10.3. The second-order valence-electron chi connectivity index (χ2n) is 7.15. The van der Waals surface area contributed by atoms with Crippen LogP contribution in [-0.4, -0.2) is 20.4 Å².